The SMILES string of the molecule is Cn1cncc1-c1noc([C@@H](O)CN)n1. The minimum absolute atomic E-state index is 0.0486. The molecule has 80 valence electrons. The Bertz CT molecular complexity index is 449. The maximum atomic E-state index is 9.37. The summed E-state index contributed by atoms with van der Waals surface area (Å²) in [5.41, 5.74) is 5.98. The molecule has 1 atom stereocenters. The molecule has 7 nitrogen and oxygen atoms in total. The third-order valence-electron chi connectivity index (χ3n) is 2.00. The van der Waals surface area contributed by atoms with Gasteiger partial charge >= 0.3 is 0 Å². The van der Waals surface area contributed by atoms with Crippen molar-refractivity contribution in [2.75, 3.05) is 6.54 Å². The lowest BCUT2D eigenvalue weighted by Crippen LogP contribution is -2.11. The monoisotopic (exact) mass is 209 g/mol. The van der Waals surface area contributed by atoms with E-state index in [0.717, 1.165) is 0 Å². The van der Waals surface area contributed by atoms with Gasteiger partial charge in [0.05, 0.1) is 12.5 Å². The first-order chi connectivity index (χ1) is 7.22. The van der Waals surface area contributed by atoms with Crippen molar-refractivity contribution >= 4 is 0 Å². The highest BCUT2D eigenvalue weighted by Gasteiger charge is 2.16. The fraction of sp³-hybridized carbons (Fsp3) is 0.375. The van der Waals surface area contributed by atoms with Crippen molar-refractivity contribution in [1.82, 2.24) is 19.7 Å². The Morgan fingerprint density at radius 1 is 1.67 bits per heavy atom. The highest BCUT2D eigenvalue weighted by Crippen LogP contribution is 2.16. The summed E-state index contributed by atoms with van der Waals surface area (Å²) in [6.07, 6.45) is 2.33. The lowest BCUT2D eigenvalue weighted by atomic mass is 10.3. The molecule has 0 bridgehead atoms. The number of aliphatic hydroxyl groups excluding tert-OH is 1. The Labute approximate surface area is 85.5 Å². The van der Waals surface area contributed by atoms with Gasteiger partial charge in [-0.3, -0.25) is 0 Å². The molecule has 15 heavy (non-hydrogen) atoms. The van der Waals surface area contributed by atoms with Gasteiger partial charge in [-0.1, -0.05) is 5.16 Å². The summed E-state index contributed by atoms with van der Waals surface area (Å²) < 4.78 is 6.62. The van der Waals surface area contributed by atoms with E-state index in [4.69, 9.17) is 10.3 Å². The third kappa shape index (κ3) is 1.74. The number of hydrogen-bond donors (Lipinski definition) is 2. The van der Waals surface area contributed by atoms with Crippen LogP contribution in [0.3, 0.4) is 0 Å². The minimum atomic E-state index is -0.917. The number of aromatic nitrogens is 4. The van der Waals surface area contributed by atoms with Crippen LogP contribution in [0.25, 0.3) is 11.5 Å². The standard InChI is InChI=1S/C8H11N5O2/c1-13-4-10-3-5(13)7-11-8(15-12-7)6(14)2-9/h3-4,6,14H,2,9H2,1H3/t6-/m0/s1. The first kappa shape index (κ1) is 9.81. The Kier molecular flexibility index (Phi) is 2.48. The summed E-state index contributed by atoms with van der Waals surface area (Å²) in [6.45, 7) is 0.0486. The Morgan fingerprint density at radius 2 is 2.47 bits per heavy atom. The van der Waals surface area contributed by atoms with Crippen LogP contribution >= 0.6 is 0 Å². The second-order valence-corrected chi connectivity index (χ2v) is 3.10. The molecule has 7 heteroatoms. The first-order valence-electron chi connectivity index (χ1n) is 4.40. The molecule has 2 aromatic heterocycles. The van der Waals surface area contributed by atoms with Crippen LogP contribution in [0.4, 0.5) is 0 Å². The van der Waals surface area contributed by atoms with Crippen molar-refractivity contribution in [2.45, 2.75) is 6.10 Å². The summed E-state index contributed by atoms with van der Waals surface area (Å²) in [7, 11) is 1.82. The summed E-state index contributed by atoms with van der Waals surface area (Å²) in [4.78, 5) is 7.94. The molecule has 2 heterocycles. The Morgan fingerprint density at radius 3 is 3.07 bits per heavy atom. The van der Waals surface area contributed by atoms with Crippen LogP contribution < -0.4 is 5.73 Å². The third-order valence-corrected chi connectivity index (χ3v) is 2.00. The minimum Gasteiger partial charge on any atom is -0.382 e. The second kappa shape index (κ2) is 3.79. The molecule has 0 aliphatic rings. The van der Waals surface area contributed by atoms with Crippen LogP contribution in [0.2, 0.25) is 0 Å². The highest BCUT2D eigenvalue weighted by molar-refractivity contribution is 5.47. The zero-order chi connectivity index (χ0) is 10.8. The van der Waals surface area contributed by atoms with Gasteiger partial charge in [-0.2, -0.15) is 4.98 Å². The van der Waals surface area contributed by atoms with Crippen LogP contribution in [-0.2, 0) is 7.05 Å². The highest BCUT2D eigenvalue weighted by atomic mass is 16.5. The van der Waals surface area contributed by atoms with E-state index in [0.29, 0.717) is 11.5 Å². The molecule has 0 fully saturated rings. The second-order valence-electron chi connectivity index (χ2n) is 3.10. The van der Waals surface area contributed by atoms with E-state index < -0.39 is 6.10 Å². The number of aliphatic hydroxyl groups is 1. The van der Waals surface area contributed by atoms with Crippen molar-refractivity contribution in [2.24, 2.45) is 12.8 Å². The average Bonchev–Trinajstić information content (AvgIpc) is 2.84. The van der Waals surface area contributed by atoms with Crippen LogP contribution in [0.15, 0.2) is 17.0 Å². The number of imidazole rings is 1. The van der Waals surface area contributed by atoms with Gasteiger partial charge in [-0.25, -0.2) is 4.98 Å². The maximum Gasteiger partial charge on any atom is 0.257 e. The molecule has 0 aliphatic carbocycles. The van der Waals surface area contributed by atoms with Gasteiger partial charge in [0, 0.05) is 13.6 Å². The quantitative estimate of drug-likeness (QED) is 0.703. The Balaban J connectivity index is 2.32. The van der Waals surface area contributed by atoms with Crippen molar-refractivity contribution in [3.8, 4) is 11.5 Å². The van der Waals surface area contributed by atoms with E-state index in [1.165, 1.54) is 0 Å². The molecular weight excluding hydrogens is 198 g/mol. The molecule has 3 N–H and O–H groups in total. The van der Waals surface area contributed by atoms with Gasteiger partial charge in [0.25, 0.3) is 5.89 Å². The average molecular weight is 209 g/mol. The number of rotatable bonds is 3. The van der Waals surface area contributed by atoms with Crippen molar-refractivity contribution in [3.63, 3.8) is 0 Å². The molecule has 0 radical (unpaired) electrons. The van der Waals surface area contributed by atoms with E-state index in [9.17, 15) is 5.11 Å². The molecule has 0 spiro atoms. The number of nitrogens with zero attached hydrogens (tertiary/aromatic N) is 4. The first-order valence-corrected chi connectivity index (χ1v) is 4.40. The topological polar surface area (TPSA) is 103 Å². The van der Waals surface area contributed by atoms with Crippen LogP contribution in [0, 0.1) is 0 Å². The zero-order valence-corrected chi connectivity index (χ0v) is 8.16. The fourth-order valence-corrected chi connectivity index (χ4v) is 1.15. The van der Waals surface area contributed by atoms with Gasteiger partial charge in [-0.15, -0.1) is 0 Å². The molecule has 0 saturated carbocycles. The number of aryl methyl sites for hydroxylation is 1. The summed E-state index contributed by atoms with van der Waals surface area (Å²) in [6, 6.07) is 0. The van der Waals surface area contributed by atoms with Gasteiger partial charge in [0.2, 0.25) is 5.82 Å². The predicted octanol–water partition coefficient (Wildman–Crippen LogP) is -0.538. The van der Waals surface area contributed by atoms with Crippen LogP contribution in [0.1, 0.15) is 12.0 Å². The Hall–Kier alpha value is -1.73. The molecule has 0 unspecified atom stereocenters. The summed E-state index contributed by atoms with van der Waals surface area (Å²) >= 11 is 0. The largest absolute Gasteiger partial charge is 0.382 e. The van der Waals surface area contributed by atoms with Crippen molar-refractivity contribution in [1.29, 1.82) is 0 Å². The number of nitrogens with two attached hydrogens (primary N) is 1. The van der Waals surface area contributed by atoms with E-state index in [1.54, 1.807) is 17.1 Å². The van der Waals surface area contributed by atoms with Crippen molar-refractivity contribution in [3.05, 3.63) is 18.4 Å². The lowest BCUT2D eigenvalue weighted by Gasteiger charge is -1.98. The molecule has 0 amide bonds. The maximum absolute atomic E-state index is 9.37. The van der Waals surface area contributed by atoms with Gasteiger partial charge in [-0.05, 0) is 0 Å². The molecular formula is C8H11N5O2. The summed E-state index contributed by atoms with van der Waals surface area (Å²) in [5.74, 6) is 0.506. The van der Waals surface area contributed by atoms with Gasteiger partial charge in [0.1, 0.15) is 11.8 Å². The van der Waals surface area contributed by atoms with E-state index in [2.05, 4.69) is 15.1 Å². The van der Waals surface area contributed by atoms with E-state index in [-0.39, 0.29) is 12.4 Å². The van der Waals surface area contributed by atoms with Gasteiger partial charge < -0.3 is 19.9 Å². The van der Waals surface area contributed by atoms with Crippen molar-refractivity contribution < 1.29 is 9.63 Å². The smallest absolute Gasteiger partial charge is 0.257 e. The van der Waals surface area contributed by atoms with Gasteiger partial charge in [0.15, 0.2) is 0 Å². The molecule has 0 aromatic carbocycles. The number of hydrogen-bond acceptors (Lipinski definition) is 6. The van der Waals surface area contributed by atoms with Crippen LogP contribution in [-0.4, -0.2) is 31.3 Å². The normalized spacial score (nSPS) is 13.0. The van der Waals surface area contributed by atoms with E-state index in [1.807, 2.05) is 7.05 Å². The lowest BCUT2D eigenvalue weighted by molar-refractivity contribution is 0.141. The molecule has 2 aromatic rings. The molecule has 0 saturated heterocycles. The summed E-state index contributed by atoms with van der Waals surface area (Å²) in [5, 5.41) is 13.1. The van der Waals surface area contributed by atoms with E-state index >= 15 is 0 Å². The zero-order valence-electron chi connectivity index (χ0n) is 8.16. The molecule has 0 aliphatic heterocycles. The molecule has 2 rings (SSSR count). The fourth-order valence-electron chi connectivity index (χ4n) is 1.15. The van der Waals surface area contributed by atoms with Crippen LogP contribution in [0.5, 0.6) is 0 Å². The predicted molar refractivity (Wildman–Crippen MR) is 50.5 cm³/mol.